The van der Waals surface area contributed by atoms with Gasteiger partial charge in [0.15, 0.2) is 11.4 Å². The number of H-pyrrole nitrogens is 1. The molecular weight excluding hydrogens is 313 g/mol. The summed E-state index contributed by atoms with van der Waals surface area (Å²) in [4.78, 5) is 23.3. The van der Waals surface area contributed by atoms with Crippen LogP contribution in [-0.4, -0.2) is 19.5 Å². The highest BCUT2D eigenvalue weighted by molar-refractivity contribution is 5.86. The van der Waals surface area contributed by atoms with E-state index in [-0.39, 0.29) is 12.5 Å². The highest BCUT2D eigenvalue weighted by atomic mass is 19.1. The number of nitrogens with one attached hydrogen (secondary N) is 1. The van der Waals surface area contributed by atoms with Crippen molar-refractivity contribution in [1.82, 2.24) is 19.5 Å². The van der Waals surface area contributed by atoms with E-state index in [0.717, 1.165) is 0 Å². The number of hydrogen-bond acceptors (Lipinski definition) is 5. The molecule has 3 heterocycles. The third-order valence-corrected chi connectivity index (χ3v) is 3.68. The lowest BCUT2D eigenvalue weighted by molar-refractivity contribution is 0.580. The van der Waals surface area contributed by atoms with Crippen LogP contribution in [0.15, 0.2) is 51.9 Å². The summed E-state index contributed by atoms with van der Waals surface area (Å²) in [5, 5.41) is 0. The van der Waals surface area contributed by atoms with Gasteiger partial charge < -0.3 is 15.1 Å². The highest BCUT2D eigenvalue weighted by Crippen LogP contribution is 2.25. The highest BCUT2D eigenvalue weighted by Gasteiger charge is 2.18. The molecule has 24 heavy (non-hydrogen) atoms. The molecular formula is C16H12FN5O2. The minimum absolute atomic E-state index is 0.00446. The Labute approximate surface area is 134 Å². The zero-order valence-corrected chi connectivity index (χ0v) is 12.4. The first-order valence-electron chi connectivity index (χ1n) is 7.17. The average molecular weight is 325 g/mol. The van der Waals surface area contributed by atoms with Crippen molar-refractivity contribution in [1.29, 1.82) is 0 Å². The van der Waals surface area contributed by atoms with E-state index in [2.05, 4.69) is 15.0 Å². The summed E-state index contributed by atoms with van der Waals surface area (Å²) in [6.45, 7) is 0.0273. The minimum Gasteiger partial charge on any atom is -0.463 e. The van der Waals surface area contributed by atoms with Gasteiger partial charge in [0.25, 0.3) is 0 Å². The predicted octanol–water partition coefficient (Wildman–Crippen LogP) is 2.15. The Kier molecular flexibility index (Phi) is 3.16. The van der Waals surface area contributed by atoms with E-state index in [1.807, 2.05) is 0 Å². The molecule has 120 valence electrons. The zero-order chi connectivity index (χ0) is 16.7. The molecule has 0 bridgehead atoms. The lowest BCUT2D eigenvalue weighted by atomic mass is 10.2. The lowest BCUT2D eigenvalue weighted by Gasteiger charge is -2.05. The number of nitrogens with two attached hydrogens (primary N) is 1. The first kappa shape index (κ1) is 14.2. The second-order valence-corrected chi connectivity index (χ2v) is 5.21. The molecule has 3 N–H and O–H groups in total. The summed E-state index contributed by atoms with van der Waals surface area (Å²) in [6, 6.07) is 9.65. The summed E-state index contributed by atoms with van der Waals surface area (Å²) in [7, 11) is 0. The molecule has 0 aliphatic rings. The van der Waals surface area contributed by atoms with Crippen LogP contribution >= 0.6 is 0 Å². The number of nitrogen functional groups attached to an aromatic ring is 1. The molecule has 0 fully saturated rings. The standard InChI is InChI=1S/C16H12FN5O2/c17-10-5-2-1-4-9(10)8-22-14-13(20-16(22)23)12(19-15(18)21-14)11-6-3-7-24-11/h1-7H,8H2,(H,20,23)(H2,18,19,21). The Balaban J connectivity index is 1.93. The van der Waals surface area contributed by atoms with Crippen molar-refractivity contribution in [3.63, 3.8) is 0 Å². The van der Waals surface area contributed by atoms with Gasteiger partial charge in [-0.2, -0.15) is 4.98 Å². The molecule has 0 atom stereocenters. The number of anilines is 1. The number of aromatic amines is 1. The van der Waals surface area contributed by atoms with Gasteiger partial charge in [-0.05, 0) is 18.2 Å². The van der Waals surface area contributed by atoms with Crippen LogP contribution in [0.25, 0.3) is 22.6 Å². The van der Waals surface area contributed by atoms with Crippen molar-refractivity contribution in [3.8, 4) is 11.5 Å². The number of rotatable bonds is 3. The van der Waals surface area contributed by atoms with Crippen LogP contribution in [0.3, 0.4) is 0 Å². The van der Waals surface area contributed by atoms with Crippen molar-refractivity contribution < 1.29 is 8.81 Å². The van der Waals surface area contributed by atoms with Crippen LogP contribution in [-0.2, 0) is 6.54 Å². The van der Waals surface area contributed by atoms with Crippen molar-refractivity contribution >= 4 is 17.1 Å². The maximum absolute atomic E-state index is 13.9. The van der Waals surface area contributed by atoms with Gasteiger partial charge >= 0.3 is 5.69 Å². The van der Waals surface area contributed by atoms with Crippen molar-refractivity contribution in [3.05, 3.63) is 64.5 Å². The second-order valence-electron chi connectivity index (χ2n) is 5.21. The fraction of sp³-hybridized carbons (Fsp3) is 0.0625. The molecule has 8 heteroatoms. The molecule has 1 aromatic carbocycles. The van der Waals surface area contributed by atoms with Crippen LogP contribution < -0.4 is 11.4 Å². The quantitative estimate of drug-likeness (QED) is 0.601. The number of aromatic nitrogens is 4. The molecule has 0 saturated heterocycles. The zero-order valence-electron chi connectivity index (χ0n) is 12.4. The third kappa shape index (κ3) is 2.24. The Bertz CT molecular complexity index is 1080. The molecule has 0 saturated carbocycles. The van der Waals surface area contributed by atoms with Crippen LogP contribution in [0, 0.1) is 5.82 Å². The molecule has 4 aromatic rings. The number of imidazole rings is 1. The average Bonchev–Trinajstić information content (AvgIpc) is 3.18. The van der Waals surface area contributed by atoms with Gasteiger partial charge in [-0.3, -0.25) is 4.57 Å². The number of fused-ring (bicyclic) bond motifs is 1. The lowest BCUT2D eigenvalue weighted by Crippen LogP contribution is -2.18. The van der Waals surface area contributed by atoms with Gasteiger partial charge in [0.2, 0.25) is 5.95 Å². The molecule has 0 amide bonds. The number of benzene rings is 1. The second kappa shape index (κ2) is 5.34. The monoisotopic (exact) mass is 325 g/mol. The number of hydrogen-bond donors (Lipinski definition) is 2. The van der Waals surface area contributed by atoms with E-state index in [4.69, 9.17) is 10.2 Å². The maximum Gasteiger partial charge on any atom is 0.328 e. The Morgan fingerprint density at radius 2 is 2.04 bits per heavy atom. The molecule has 0 radical (unpaired) electrons. The smallest absolute Gasteiger partial charge is 0.328 e. The van der Waals surface area contributed by atoms with Gasteiger partial charge in [0.05, 0.1) is 12.8 Å². The number of nitrogens with zero attached hydrogens (tertiary/aromatic N) is 3. The Morgan fingerprint density at radius 1 is 1.21 bits per heavy atom. The predicted molar refractivity (Wildman–Crippen MR) is 85.8 cm³/mol. The largest absolute Gasteiger partial charge is 0.463 e. The minimum atomic E-state index is -0.430. The van der Waals surface area contributed by atoms with E-state index in [9.17, 15) is 9.18 Å². The summed E-state index contributed by atoms with van der Waals surface area (Å²) in [5.41, 5.74) is 6.77. The fourth-order valence-electron chi connectivity index (χ4n) is 2.58. The molecule has 3 aromatic heterocycles. The van der Waals surface area contributed by atoms with Crippen LogP contribution in [0.5, 0.6) is 0 Å². The summed E-state index contributed by atoms with van der Waals surface area (Å²) in [6.07, 6.45) is 1.49. The Morgan fingerprint density at radius 3 is 2.79 bits per heavy atom. The maximum atomic E-state index is 13.9. The first-order chi connectivity index (χ1) is 11.6. The number of halogens is 1. The van der Waals surface area contributed by atoms with Crippen LogP contribution in [0.4, 0.5) is 10.3 Å². The number of furan rings is 1. The van der Waals surface area contributed by atoms with Crippen molar-refractivity contribution in [2.24, 2.45) is 0 Å². The van der Waals surface area contributed by atoms with Gasteiger partial charge in [0, 0.05) is 5.56 Å². The van der Waals surface area contributed by atoms with E-state index in [1.54, 1.807) is 30.3 Å². The SMILES string of the molecule is Nc1nc(-c2ccco2)c2[nH]c(=O)n(Cc3ccccc3F)c2n1. The molecule has 4 rings (SSSR count). The normalized spacial score (nSPS) is 11.2. The summed E-state index contributed by atoms with van der Waals surface area (Å²) >= 11 is 0. The Hall–Kier alpha value is -3.42. The third-order valence-electron chi connectivity index (χ3n) is 3.68. The summed E-state index contributed by atoms with van der Waals surface area (Å²) < 4.78 is 20.5. The van der Waals surface area contributed by atoms with E-state index in [1.165, 1.54) is 16.9 Å². The molecule has 0 aliphatic carbocycles. The van der Waals surface area contributed by atoms with E-state index < -0.39 is 11.5 Å². The molecule has 0 unspecified atom stereocenters. The van der Waals surface area contributed by atoms with Gasteiger partial charge in [0.1, 0.15) is 17.0 Å². The van der Waals surface area contributed by atoms with Gasteiger partial charge in [-0.15, -0.1) is 0 Å². The summed E-state index contributed by atoms with van der Waals surface area (Å²) in [5.74, 6) is 0.0515. The van der Waals surface area contributed by atoms with Crippen LogP contribution in [0.1, 0.15) is 5.56 Å². The van der Waals surface area contributed by atoms with Crippen molar-refractivity contribution in [2.75, 3.05) is 5.73 Å². The fourth-order valence-corrected chi connectivity index (χ4v) is 2.58. The van der Waals surface area contributed by atoms with Gasteiger partial charge in [-0.1, -0.05) is 18.2 Å². The van der Waals surface area contributed by atoms with E-state index in [0.29, 0.717) is 28.2 Å². The topological polar surface area (TPSA) is 103 Å². The van der Waals surface area contributed by atoms with Gasteiger partial charge in [-0.25, -0.2) is 14.2 Å². The van der Waals surface area contributed by atoms with Crippen molar-refractivity contribution in [2.45, 2.75) is 6.54 Å². The molecule has 0 spiro atoms. The van der Waals surface area contributed by atoms with E-state index >= 15 is 0 Å². The first-order valence-corrected chi connectivity index (χ1v) is 7.17. The molecule has 0 aliphatic heterocycles. The van der Waals surface area contributed by atoms with Crippen LogP contribution in [0.2, 0.25) is 0 Å². The molecule has 7 nitrogen and oxygen atoms in total.